The molecule has 0 saturated heterocycles. The molecule has 0 aromatic heterocycles. The molecule has 1 aromatic carbocycles. The van der Waals surface area contributed by atoms with Gasteiger partial charge in [0, 0.05) is 6.42 Å². The Balaban J connectivity index is 2.17. The molecule has 9 heteroatoms. The van der Waals surface area contributed by atoms with E-state index >= 15 is 0 Å². The Bertz CT molecular complexity index is 655. The van der Waals surface area contributed by atoms with E-state index in [-0.39, 0.29) is 6.42 Å². The maximum atomic E-state index is 12.5. The fourth-order valence-electron chi connectivity index (χ4n) is 2.62. The van der Waals surface area contributed by atoms with Crippen molar-refractivity contribution in [3.05, 3.63) is 29.8 Å². The smallest absolute Gasteiger partial charge is 0.480 e. The number of benzene rings is 1. The fraction of sp³-hybridized carbons (Fsp3) is 0.500. The summed E-state index contributed by atoms with van der Waals surface area (Å²) in [6, 6.07) is 3.82. The predicted molar refractivity (Wildman–Crippen MR) is 79.9 cm³/mol. The molecule has 0 aliphatic heterocycles. The van der Waals surface area contributed by atoms with Crippen molar-refractivity contribution in [3.8, 4) is 5.75 Å². The van der Waals surface area contributed by atoms with Gasteiger partial charge in [-0.1, -0.05) is 12.1 Å². The Labute approximate surface area is 141 Å². The van der Waals surface area contributed by atoms with Crippen molar-refractivity contribution in [3.63, 3.8) is 0 Å². The molecule has 0 bridgehead atoms. The highest BCUT2D eigenvalue weighted by molar-refractivity contribution is 5.94. The Morgan fingerprint density at radius 3 is 2.48 bits per heavy atom. The van der Waals surface area contributed by atoms with Crippen LogP contribution in [-0.2, 0) is 15.0 Å². The third-order valence-corrected chi connectivity index (χ3v) is 3.99. The summed E-state index contributed by atoms with van der Waals surface area (Å²) >= 11 is 0. The second-order valence-electron chi connectivity index (χ2n) is 6.11. The number of rotatable bonds is 7. The molecule has 0 radical (unpaired) electrons. The number of ether oxygens (including phenoxy) is 1. The lowest BCUT2D eigenvalue weighted by Gasteiger charge is -2.21. The van der Waals surface area contributed by atoms with Gasteiger partial charge in [0.25, 0.3) is 0 Å². The highest BCUT2D eigenvalue weighted by Gasteiger charge is 2.52. The van der Waals surface area contributed by atoms with Gasteiger partial charge in [0.15, 0.2) is 0 Å². The van der Waals surface area contributed by atoms with Crippen LogP contribution in [0.3, 0.4) is 0 Å². The Morgan fingerprint density at radius 2 is 2.00 bits per heavy atom. The fourth-order valence-corrected chi connectivity index (χ4v) is 2.62. The van der Waals surface area contributed by atoms with Crippen LogP contribution in [0.4, 0.5) is 13.2 Å². The van der Waals surface area contributed by atoms with E-state index in [9.17, 15) is 27.9 Å². The number of aliphatic hydroxyl groups is 1. The second-order valence-corrected chi connectivity index (χ2v) is 6.11. The van der Waals surface area contributed by atoms with E-state index < -0.39 is 41.5 Å². The van der Waals surface area contributed by atoms with Gasteiger partial charge in [0.2, 0.25) is 5.91 Å². The summed E-state index contributed by atoms with van der Waals surface area (Å²) in [6.45, 7) is 1.40. The number of alkyl halides is 3. The summed E-state index contributed by atoms with van der Waals surface area (Å²) in [5.74, 6) is -2.33. The number of carbonyl (C=O) groups is 2. The zero-order valence-corrected chi connectivity index (χ0v) is 13.3. The van der Waals surface area contributed by atoms with Gasteiger partial charge in [0.05, 0.1) is 11.5 Å². The molecule has 2 atom stereocenters. The molecule has 25 heavy (non-hydrogen) atoms. The van der Waals surface area contributed by atoms with E-state index in [1.165, 1.54) is 19.1 Å². The number of halogens is 3. The van der Waals surface area contributed by atoms with Gasteiger partial charge in [-0.25, -0.2) is 4.79 Å². The molecule has 2 unspecified atom stereocenters. The Morgan fingerprint density at radius 1 is 1.36 bits per heavy atom. The number of carboxylic acids is 1. The number of hydrogen-bond acceptors (Lipinski definition) is 4. The summed E-state index contributed by atoms with van der Waals surface area (Å²) in [7, 11) is 0. The van der Waals surface area contributed by atoms with Gasteiger partial charge in [0.1, 0.15) is 11.8 Å². The van der Waals surface area contributed by atoms with Crippen molar-refractivity contribution < 1.29 is 37.7 Å². The van der Waals surface area contributed by atoms with Gasteiger partial charge < -0.3 is 20.3 Å². The van der Waals surface area contributed by atoms with Crippen LogP contribution in [0.2, 0.25) is 0 Å². The minimum Gasteiger partial charge on any atom is -0.480 e. The van der Waals surface area contributed by atoms with Gasteiger partial charge in [-0.15, -0.1) is 13.2 Å². The lowest BCUT2D eigenvalue weighted by molar-refractivity contribution is -0.274. The van der Waals surface area contributed by atoms with Gasteiger partial charge in [-0.3, -0.25) is 4.79 Å². The number of amides is 1. The molecule has 1 aliphatic carbocycles. The van der Waals surface area contributed by atoms with Crippen molar-refractivity contribution >= 4 is 11.9 Å². The van der Waals surface area contributed by atoms with Crippen molar-refractivity contribution in [2.24, 2.45) is 0 Å². The quantitative estimate of drug-likeness (QED) is 0.690. The topological polar surface area (TPSA) is 95.9 Å². The summed E-state index contributed by atoms with van der Waals surface area (Å²) < 4.78 is 40.9. The van der Waals surface area contributed by atoms with Crippen molar-refractivity contribution in [2.75, 3.05) is 0 Å². The third-order valence-electron chi connectivity index (χ3n) is 3.99. The SMILES string of the molecule is CC(O)CC(NC(=O)C1(c2cccc(OC(F)(F)F)c2)CC1)C(=O)O. The molecule has 1 aliphatic rings. The average molecular weight is 361 g/mol. The van der Waals surface area contributed by atoms with Gasteiger partial charge in [-0.05, 0) is 37.5 Å². The zero-order valence-electron chi connectivity index (χ0n) is 13.3. The summed E-state index contributed by atoms with van der Waals surface area (Å²) in [6.07, 6.45) is -5.18. The highest BCUT2D eigenvalue weighted by Crippen LogP contribution is 2.49. The van der Waals surface area contributed by atoms with Crippen LogP contribution in [0, 0.1) is 0 Å². The average Bonchev–Trinajstić information content (AvgIpc) is 3.26. The molecule has 1 amide bonds. The molecule has 1 aromatic rings. The van der Waals surface area contributed by atoms with E-state index in [2.05, 4.69) is 10.1 Å². The van der Waals surface area contributed by atoms with Gasteiger partial charge in [-0.2, -0.15) is 0 Å². The molecule has 1 fully saturated rings. The molecule has 0 heterocycles. The maximum absolute atomic E-state index is 12.5. The summed E-state index contributed by atoms with van der Waals surface area (Å²) in [4.78, 5) is 23.7. The first-order valence-corrected chi connectivity index (χ1v) is 7.61. The first-order valence-electron chi connectivity index (χ1n) is 7.61. The summed E-state index contributed by atoms with van der Waals surface area (Å²) in [5, 5.41) is 20.8. The van der Waals surface area contributed by atoms with Crippen molar-refractivity contribution in [2.45, 2.75) is 50.1 Å². The van der Waals surface area contributed by atoms with E-state index in [1.807, 2.05) is 0 Å². The largest absolute Gasteiger partial charge is 0.573 e. The lowest BCUT2D eigenvalue weighted by Crippen LogP contribution is -2.46. The van der Waals surface area contributed by atoms with Crippen LogP contribution in [0.5, 0.6) is 5.75 Å². The van der Waals surface area contributed by atoms with Crippen LogP contribution < -0.4 is 10.1 Å². The Hall–Kier alpha value is -2.29. The van der Waals surface area contributed by atoms with E-state index in [0.29, 0.717) is 18.4 Å². The number of hydrogen-bond donors (Lipinski definition) is 3. The number of carbonyl (C=O) groups excluding carboxylic acids is 1. The molecular formula is C16H18F3NO5. The first-order chi connectivity index (χ1) is 11.5. The molecule has 2 rings (SSSR count). The number of carboxylic acid groups (broad SMARTS) is 1. The van der Waals surface area contributed by atoms with Crippen molar-refractivity contribution in [1.29, 1.82) is 0 Å². The molecule has 138 valence electrons. The van der Waals surface area contributed by atoms with E-state index in [1.54, 1.807) is 0 Å². The third kappa shape index (κ3) is 4.85. The van der Waals surface area contributed by atoms with Crippen molar-refractivity contribution in [1.82, 2.24) is 5.32 Å². The maximum Gasteiger partial charge on any atom is 0.573 e. The van der Waals surface area contributed by atoms with Crippen LogP contribution in [-0.4, -0.2) is 40.6 Å². The minimum absolute atomic E-state index is 0.172. The normalized spacial score (nSPS) is 18.1. The monoisotopic (exact) mass is 361 g/mol. The highest BCUT2D eigenvalue weighted by atomic mass is 19.4. The number of aliphatic hydroxyl groups excluding tert-OH is 1. The molecule has 1 saturated carbocycles. The van der Waals surface area contributed by atoms with E-state index in [4.69, 9.17) is 5.11 Å². The Kier molecular flexibility index (Phi) is 5.26. The second kappa shape index (κ2) is 6.91. The van der Waals surface area contributed by atoms with E-state index in [0.717, 1.165) is 12.1 Å². The standard InChI is InChI=1S/C16H18F3NO5/c1-9(21)7-12(13(22)23)20-14(24)15(5-6-15)10-3-2-4-11(8-10)25-16(17,18)19/h2-4,8-9,12,21H,5-7H2,1H3,(H,20,24)(H,22,23). The predicted octanol–water partition coefficient (Wildman–Crippen LogP) is 1.96. The summed E-state index contributed by atoms with van der Waals surface area (Å²) in [5.41, 5.74) is -0.745. The van der Waals surface area contributed by atoms with Crippen LogP contribution in [0.1, 0.15) is 31.7 Å². The van der Waals surface area contributed by atoms with Crippen LogP contribution in [0.15, 0.2) is 24.3 Å². The molecule has 6 nitrogen and oxygen atoms in total. The number of aliphatic carboxylic acids is 1. The number of nitrogens with one attached hydrogen (secondary N) is 1. The minimum atomic E-state index is -4.84. The van der Waals surface area contributed by atoms with Crippen LogP contribution in [0.25, 0.3) is 0 Å². The van der Waals surface area contributed by atoms with Gasteiger partial charge >= 0.3 is 12.3 Å². The first kappa shape index (κ1) is 19.0. The molecule has 0 spiro atoms. The molecular weight excluding hydrogens is 343 g/mol. The molecule has 3 N–H and O–H groups in total. The zero-order chi connectivity index (χ0) is 18.8. The lowest BCUT2D eigenvalue weighted by atomic mass is 9.94. The van der Waals surface area contributed by atoms with Crippen LogP contribution >= 0.6 is 0 Å².